The SMILES string of the molecule is CCCCCCCN=c1ccnc(N)n1O. The first-order chi connectivity index (χ1) is 7.75. The first kappa shape index (κ1) is 12.5. The van der Waals surface area contributed by atoms with E-state index in [1.54, 1.807) is 6.07 Å². The van der Waals surface area contributed by atoms with Gasteiger partial charge in [-0.2, -0.15) is 0 Å². The molecule has 0 bridgehead atoms. The van der Waals surface area contributed by atoms with E-state index in [1.165, 1.54) is 31.9 Å². The fourth-order valence-electron chi connectivity index (χ4n) is 1.45. The largest absolute Gasteiger partial charge is 0.423 e. The summed E-state index contributed by atoms with van der Waals surface area (Å²) in [7, 11) is 0. The van der Waals surface area contributed by atoms with E-state index in [9.17, 15) is 5.21 Å². The van der Waals surface area contributed by atoms with Gasteiger partial charge in [0.05, 0.1) is 0 Å². The summed E-state index contributed by atoms with van der Waals surface area (Å²) < 4.78 is 0.812. The zero-order chi connectivity index (χ0) is 11.8. The summed E-state index contributed by atoms with van der Waals surface area (Å²) in [4.78, 5) is 8.00. The summed E-state index contributed by atoms with van der Waals surface area (Å²) in [5.74, 6) is 0.0623. The van der Waals surface area contributed by atoms with E-state index in [0.29, 0.717) is 12.0 Å². The molecule has 0 atom stereocenters. The first-order valence-corrected chi connectivity index (χ1v) is 5.79. The standard InChI is InChI=1S/C11H20N4O/c1-2-3-4-5-6-8-13-10-7-9-14-11(12)15(10)16/h7,9,16H,2-6,8H2,1H3,(H2,12,14). The van der Waals surface area contributed by atoms with Crippen LogP contribution >= 0.6 is 0 Å². The van der Waals surface area contributed by atoms with Crippen molar-refractivity contribution in [3.8, 4) is 0 Å². The smallest absolute Gasteiger partial charge is 0.236 e. The van der Waals surface area contributed by atoms with Crippen LogP contribution in [0.1, 0.15) is 39.0 Å². The molecule has 1 heterocycles. The van der Waals surface area contributed by atoms with Gasteiger partial charge in [0.25, 0.3) is 0 Å². The number of rotatable bonds is 6. The Morgan fingerprint density at radius 3 is 2.88 bits per heavy atom. The number of hydrogen-bond donors (Lipinski definition) is 2. The van der Waals surface area contributed by atoms with E-state index in [4.69, 9.17) is 5.73 Å². The molecule has 90 valence electrons. The molecule has 0 aliphatic carbocycles. The molecule has 0 spiro atoms. The molecule has 0 fully saturated rings. The lowest BCUT2D eigenvalue weighted by atomic mass is 10.2. The number of unbranched alkanes of at least 4 members (excludes halogenated alkanes) is 4. The molecule has 0 aliphatic heterocycles. The second kappa shape index (κ2) is 6.87. The molecule has 0 aliphatic rings. The van der Waals surface area contributed by atoms with Crippen molar-refractivity contribution in [2.45, 2.75) is 39.0 Å². The summed E-state index contributed by atoms with van der Waals surface area (Å²) in [6.07, 6.45) is 7.55. The Bertz CT molecular complexity index is 372. The van der Waals surface area contributed by atoms with Crippen molar-refractivity contribution in [1.29, 1.82) is 0 Å². The van der Waals surface area contributed by atoms with E-state index in [2.05, 4.69) is 16.9 Å². The molecule has 1 rings (SSSR count). The van der Waals surface area contributed by atoms with Crippen molar-refractivity contribution in [2.75, 3.05) is 12.3 Å². The van der Waals surface area contributed by atoms with Gasteiger partial charge >= 0.3 is 0 Å². The molecule has 3 N–H and O–H groups in total. The molecule has 0 saturated carbocycles. The van der Waals surface area contributed by atoms with Gasteiger partial charge in [-0.3, -0.25) is 4.99 Å². The number of anilines is 1. The third kappa shape index (κ3) is 3.92. The maximum absolute atomic E-state index is 9.47. The summed E-state index contributed by atoms with van der Waals surface area (Å²) in [6.45, 7) is 2.91. The highest BCUT2D eigenvalue weighted by Gasteiger charge is 1.95. The van der Waals surface area contributed by atoms with Gasteiger partial charge in [-0.15, -0.1) is 4.73 Å². The van der Waals surface area contributed by atoms with Crippen LogP contribution in [0.25, 0.3) is 0 Å². The molecule has 5 heteroatoms. The predicted molar refractivity (Wildman–Crippen MR) is 63.0 cm³/mol. The number of nitrogens with zero attached hydrogens (tertiary/aromatic N) is 3. The number of nitrogen functional groups attached to an aromatic ring is 1. The Kier molecular flexibility index (Phi) is 5.39. The van der Waals surface area contributed by atoms with Crippen molar-refractivity contribution in [3.05, 3.63) is 17.8 Å². The minimum absolute atomic E-state index is 0.0623. The second-order valence-electron chi connectivity index (χ2n) is 3.77. The Morgan fingerprint density at radius 1 is 1.38 bits per heavy atom. The average molecular weight is 224 g/mol. The normalized spacial score (nSPS) is 11.9. The molecule has 0 radical (unpaired) electrons. The van der Waals surface area contributed by atoms with Crippen LogP contribution in [-0.2, 0) is 0 Å². The lowest BCUT2D eigenvalue weighted by Gasteiger charge is -2.01. The van der Waals surface area contributed by atoms with Crippen molar-refractivity contribution in [2.24, 2.45) is 4.99 Å². The molecular weight excluding hydrogens is 204 g/mol. The van der Waals surface area contributed by atoms with Gasteiger partial charge in [0, 0.05) is 18.8 Å². The number of hydrogen-bond acceptors (Lipinski definition) is 4. The third-order valence-electron chi connectivity index (χ3n) is 2.40. The number of aromatic nitrogens is 2. The van der Waals surface area contributed by atoms with Crippen LogP contribution in [0.5, 0.6) is 0 Å². The summed E-state index contributed by atoms with van der Waals surface area (Å²) in [6, 6.07) is 1.64. The van der Waals surface area contributed by atoms with Crippen LogP contribution in [0, 0.1) is 0 Å². The van der Waals surface area contributed by atoms with Gasteiger partial charge < -0.3 is 10.9 Å². The van der Waals surface area contributed by atoms with Gasteiger partial charge in [0.1, 0.15) is 0 Å². The zero-order valence-corrected chi connectivity index (χ0v) is 9.76. The lowest BCUT2D eigenvalue weighted by molar-refractivity contribution is 0.175. The van der Waals surface area contributed by atoms with Crippen molar-refractivity contribution < 1.29 is 5.21 Å². The van der Waals surface area contributed by atoms with Gasteiger partial charge in [-0.1, -0.05) is 32.6 Å². The molecule has 16 heavy (non-hydrogen) atoms. The van der Waals surface area contributed by atoms with E-state index in [1.807, 2.05) is 0 Å². The molecule has 1 aromatic heterocycles. The highest BCUT2D eigenvalue weighted by Crippen LogP contribution is 2.01. The quantitative estimate of drug-likeness (QED) is 0.569. The van der Waals surface area contributed by atoms with Crippen LogP contribution in [0.3, 0.4) is 0 Å². The van der Waals surface area contributed by atoms with Gasteiger partial charge in [-0.25, -0.2) is 4.98 Å². The van der Waals surface area contributed by atoms with E-state index >= 15 is 0 Å². The maximum atomic E-state index is 9.47. The highest BCUT2D eigenvalue weighted by molar-refractivity contribution is 5.13. The highest BCUT2D eigenvalue weighted by atomic mass is 16.5. The van der Waals surface area contributed by atoms with Crippen LogP contribution in [0.2, 0.25) is 0 Å². The topological polar surface area (TPSA) is 76.4 Å². The van der Waals surface area contributed by atoms with Gasteiger partial charge in [0.15, 0.2) is 5.49 Å². The van der Waals surface area contributed by atoms with E-state index in [0.717, 1.165) is 11.2 Å². The van der Waals surface area contributed by atoms with Gasteiger partial charge in [-0.05, 0) is 6.42 Å². The summed E-state index contributed by atoms with van der Waals surface area (Å²) >= 11 is 0. The maximum Gasteiger partial charge on any atom is 0.236 e. The van der Waals surface area contributed by atoms with Crippen LogP contribution in [0.4, 0.5) is 5.95 Å². The summed E-state index contributed by atoms with van der Waals surface area (Å²) in [5.41, 5.74) is 5.89. The van der Waals surface area contributed by atoms with E-state index in [-0.39, 0.29) is 5.95 Å². The zero-order valence-electron chi connectivity index (χ0n) is 9.76. The fourth-order valence-corrected chi connectivity index (χ4v) is 1.45. The minimum atomic E-state index is 0.0623. The molecule has 5 nitrogen and oxygen atoms in total. The second-order valence-corrected chi connectivity index (χ2v) is 3.77. The van der Waals surface area contributed by atoms with Crippen molar-refractivity contribution >= 4 is 5.95 Å². The Morgan fingerprint density at radius 2 is 2.12 bits per heavy atom. The predicted octanol–water partition coefficient (Wildman–Crippen LogP) is 1.57. The minimum Gasteiger partial charge on any atom is -0.423 e. The van der Waals surface area contributed by atoms with Crippen LogP contribution in [-0.4, -0.2) is 21.5 Å². The Balaban J connectivity index is 2.42. The van der Waals surface area contributed by atoms with Crippen molar-refractivity contribution in [3.63, 3.8) is 0 Å². The fraction of sp³-hybridized carbons (Fsp3) is 0.636. The summed E-state index contributed by atoms with van der Waals surface area (Å²) in [5, 5.41) is 9.47. The number of nitrogens with two attached hydrogens (primary N) is 1. The van der Waals surface area contributed by atoms with E-state index < -0.39 is 0 Å². The molecule has 1 aromatic rings. The molecule has 0 saturated heterocycles. The lowest BCUT2D eigenvalue weighted by Crippen LogP contribution is -2.22. The van der Waals surface area contributed by atoms with Gasteiger partial charge in [0.2, 0.25) is 5.95 Å². The Hall–Kier alpha value is -1.52. The van der Waals surface area contributed by atoms with Crippen LogP contribution < -0.4 is 11.2 Å². The Labute approximate surface area is 95.6 Å². The average Bonchev–Trinajstić information content (AvgIpc) is 2.29. The third-order valence-corrected chi connectivity index (χ3v) is 2.40. The molecular formula is C11H20N4O. The molecule has 0 amide bonds. The monoisotopic (exact) mass is 224 g/mol. The van der Waals surface area contributed by atoms with Crippen LogP contribution in [0.15, 0.2) is 17.3 Å². The molecule has 0 aromatic carbocycles. The first-order valence-electron chi connectivity index (χ1n) is 5.79. The molecule has 0 unspecified atom stereocenters. The van der Waals surface area contributed by atoms with Crippen molar-refractivity contribution in [1.82, 2.24) is 9.71 Å².